The van der Waals surface area contributed by atoms with Gasteiger partial charge >= 0.3 is 0 Å². The molecule has 0 saturated carbocycles. The number of carbonyl (C=O) groups is 1. The lowest BCUT2D eigenvalue weighted by Gasteiger charge is -2.27. The highest BCUT2D eigenvalue weighted by atomic mass is 16.3. The molecule has 0 fully saturated rings. The molecule has 0 aliphatic heterocycles. The highest BCUT2D eigenvalue weighted by molar-refractivity contribution is 5.81. The number of nitrogens with two attached hydrogens (primary N) is 1. The van der Waals surface area contributed by atoms with Crippen molar-refractivity contribution in [1.82, 2.24) is 5.32 Å². The lowest BCUT2D eigenvalue weighted by atomic mass is 9.94. The van der Waals surface area contributed by atoms with E-state index in [2.05, 4.69) is 33.0 Å². The maximum atomic E-state index is 12.2. The first kappa shape index (κ1) is 18.7. The monoisotopic (exact) mass is 306 g/mol. The van der Waals surface area contributed by atoms with Gasteiger partial charge in [-0.1, -0.05) is 58.0 Å². The van der Waals surface area contributed by atoms with Crippen LogP contribution in [-0.4, -0.2) is 29.2 Å². The summed E-state index contributed by atoms with van der Waals surface area (Å²) >= 11 is 0. The Kier molecular flexibility index (Phi) is 7.56. The van der Waals surface area contributed by atoms with Crippen LogP contribution >= 0.6 is 0 Å². The van der Waals surface area contributed by atoms with Crippen molar-refractivity contribution in [3.63, 3.8) is 0 Å². The lowest BCUT2D eigenvalue weighted by molar-refractivity contribution is -0.131. The molecule has 1 aromatic rings. The van der Waals surface area contributed by atoms with Crippen molar-refractivity contribution >= 4 is 5.91 Å². The molecule has 0 saturated heterocycles. The molecule has 1 rings (SSSR count). The molecule has 0 aliphatic rings. The summed E-state index contributed by atoms with van der Waals surface area (Å²) in [7, 11) is 0. The molecular formula is C18H30N2O2. The molecule has 0 heterocycles. The number of hydrogen-bond donors (Lipinski definition) is 3. The highest BCUT2D eigenvalue weighted by Crippen LogP contribution is 2.13. The SMILES string of the molecule is CC(C)C[C@@H](NC(=O)[C@H](O)[C@@H](N)Cc1ccccc1)C(C)C. The van der Waals surface area contributed by atoms with Crippen LogP contribution in [0.3, 0.4) is 0 Å². The molecule has 1 amide bonds. The Morgan fingerprint density at radius 2 is 1.77 bits per heavy atom. The van der Waals surface area contributed by atoms with E-state index in [9.17, 15) is 9.90 Å². The van der Waals surface area contributed by atoms with Crippen molar-refractivity contribution in [3.05, 3.63) is 35.9 Å². The topological polar surface area (TPSA) is 75.3 Å². The third-order valence-electron chi connectivity index (χ3n) is 3.85. The zero-order chi connectivity index (χ0) is 16.7. The molecule has 22 heavy (non-hydrogen) atoms. The molecule has 0 aliphatic carbocycles. The minimum Gasteiger partial charge on any atom is -0.382 e. The number of rotatable bonds is 8. The van der Waals surface area contributed by atoms with E-state index in [4.69, 9.17) is 5.73 Å². The second kappa shape index (κ2) is 8.91. The van der Waals surface area contributed by atoms with Gasteiger partial charge in [0.2, 0.25) is 0 Å². The molecule has 0 bridgehead atoms. The summed E-state index contributed by atoms with van der Waals surface area (Å²) < 4.78 is 0. The summed E-state index contributed by atoms with van der Waals surface area (Å²) in [5, 5.41) is 13.1. The van der Waals surface area contributed by atoms with Crippen LogP contribution in [0.1, 0.15) is 39.7 Å². The van der Waals surface area contributed by atoms with E-state index in [-0.39, 0.29) is 11.9 Å². The molecule has 0 spiro atoms. The van der Waals surface area contributed by atoms with Crippen LogP contribution in [0.2, 0.25) is 0 Å². The Morgan fingerprint density at radius 1 is 1.18 bits per heavy atom. The van der Waals surface area contributed by atoms with Gasteiger partial charge in [0, 0.05) is 12.1 Å². The fraction of sp³-hybridized carbons (Fsp3) is 0.611. The Labute approximate surface area is 134 Å². The van der Waals surface area contributed by atoms with Gasteiger partial charge in [-0.05, 0) is 30.2 Å². The van der Waals surface area contributed by atoms with Crippen molar-refractivity contribution < 1.29 is 9.90 Å². The van der Waals surface area contributed by atoms with E-state index in [1.54, 1.807) is 0 Å². The first-order chi connectivity index (χ1) is 10.3. The average Bonchev–Trinajstić information content (AvgIpc) is 2.46. The smallest absolute Gasteiger partial charge is 0.250 e. The van der Waals surface area contributed by atoms with Crippen LogP contribution in [0.15, 0.2) is 30.3 Å². The van der Waals surface area contributed by atoms with Crippen LogP contribution in [0.5, 0.6) is 0 Å². The minimum atomic E-state index is -1.19. The normalized spacial score (nSPS) is 15.6. The largest absolute Gasteiger partial charge is 0.382 e. The minimum absolute atomic E-state index is 0.0612. The maximum absolute atomic E-state index is 12.2. The van der Waals surface area contributed by atoms with Crippen LogP contribution < -0.4 is 11.1 Å². The number of hydrogen-bond acceptors (Lipinski definition) is 3. The van der Waals surface area contributed by atoms with Gasteiger partial charge in [0.25, 0.3) is 5.91 Å². The summed E-state index contributed by atoms with van der Waals surface area (Å²) in [6.45, 7) is 8.39. The van der Waals surface area contributed by atoms with Crippen LogP contribution in [0, 0.1) is 11.8 Å². The van der Waals surface area contributed by atoms with Crippen LogP contribution in [-0.2, 0) is 11.2 Å². The van der Waals surface area contributed by atoms with E-state index in [1.165, 1.54) is 0 Å². The van der Waals surface area contributed by atoms with Crippen molar-refractivity contribution in [2.75, 3.05) is 0 Å². The van der Waals surface area contributed by atoms with Crippen molar-refractivity contribution in [2.24, 2.45) is 17.6 Å². The number of benzene rings is 1. The van der Waals surface area contributed by atoms with Crippen molar-refractivity contribution in [1.29, 1.82) is 0 Å². The summed E-state index contributed by atoms with van der Waals surface area (Å²) in [5.74, 6) is 0.439. The molecule has 124 valence electrons. The number of aliphatic hydroxyl groups is 1. The van der Waals surface area contributed by atoms with Gasteiger partial charge in [-0.25, -0.2) is 0 Å². The van der Waals surface area contributed by atoms with E-state index in [1.807, 2.05) is 30.3 Å². The molecule has 3 atom stereocenters. The molecule has 4 heteroatoms. The quantitative estimate of drug-likeness (QED) is 0.688. The standard InChI is InChI=1S/C18H30N2O2/c1-12(2)10-16(13(3)4)20-18(22)17(21)15(19)11-14-8-6-5-7-9-14/h5-9,12-13,15-17,21H,10-11,19H2,1-4H3,(H,20,22)/t15-,16+,17+/m0/s1. The fourth-order valence-electron chi connectivity index (χ4n) is 2.47. The van der Waals surface area contributed by atoms with E-state index in [0.717, 1.165) is 12.0 Å². The maximum Gasteiger partial charge on any atom is 0.250 e. The van der Waals surface area contributed by atoms with Gasteiger partial charge in [-0.15, -0.1) is 0 Å². The van der Waals surface area contributed by atoms with E-state index < -0.39 is 12.1 Å². The second-order valence-corrected chi connectivity index (χ2v) is 6.79. The van der Waals surface area contributed by atoms with E-state index >= 15 is 0 Å². The number of carbonyl (C=O) groups excluding carboxylic acids is 1. The zero-order valence-electron chi connectivity index (χ0n) is 14.1. The summed E-state index contributed by atoms with van der Waals surface area (Å²) in [4.78, 5) is 12.2. The predicted octanol–water partition coefficient (Wildman–Crippen LogP) is 2.10. The van der Waals surface area contributed by atoms with Gasteiger partial charge in [0.15, 0.2) is 0 Å². The van der Waals surface area contributed by atoms with Crippen LogP contribution in [0.4, 0.5) is 0 Å². The Bertz CT molecular complexity index is 446. The summed E-state index contributed by atoms with van der Waals surface area (Å²) in [6, 6.07) is 9.12. The van der Waals surface area contributed by atoms with Crippen molar-refractivity contribution in [2.45, 2.75) is 58.7 Å². The number of nitrogens with one attached hydrogen (secondary N) is 1. The molecule has 4 nitrogen and oxygen atoms in total. The molecule has 0 unspecified atom stereocenters. The predicted molar refractivity (Wildman–Crippen MR) is 90.4 cm³/mol. The number of amides is 1. The number of aliphatic hydroxyl groups excluding tert-OH is 1. The van der Waals surface area contributed by atoms with Gasteiger partial charge in [-0.3, -0.25) is 4.79 Å². The first-order valence-electron chi connectivity index (χ1n) is 8.09. The molecule has 4 N–H and O–H groups in total. The van der Waals surface area contributed by atoms with Gasteiger partial charge < -0.3 is 16.2 Å². The Balaban J connectivity index is 2.59. The third-order valence-corrected chi connectivity index (χ3v) is 3.85. The Hall–Kier alpha value is -1.39. The third kappa shape index (κ3) is 6.16. The summed E-state index contributed by atoms with van der Waals surface area (Å²) in [6.07, 6.45) is 0.185. The summed E-state index contributed by atoms with van der Waals surface area (Å²) in [5.41, 5.74) is 7.01. The Morgan fingerprint density at radius 3 is 2.27 bits per heavy atom. The molecule has 0 radical (unpaired) electrons. The average molecular weight is 306 g/mol. The molecular weight excluding hydrogens is 276 g/mol. The van der Waals surface area contributed by atoms with Crippen molar-refractivity contribution in [3.8, 4) is 0 Å². The molecule has 0 aromatic heterocycles. The van der Waals surface area contributed by atoms with Gasteiger partial charge in [0.1, 0.15) is 6.10 Å². The van der Waals surface area contributed by atoms with Gasteiger partial charge in [-0.2, -0.15) is 0 Å². The first-order valence-corrected chi connectivity index (χ1v) is 8.09. The molecule has 1 aromatic carbocycles. The lowest BCUT2D eigenvalue weighted by Crippen LogP contribution is -2.51. The highest BCUT2D eigenvalue weighted by Gasteiger charge is 2.26. The van der Waals surface area contributed by atoms with E-state index in [0.29, 0.717) is 18.3 Å². The van der Waals surface area contributed by atoms with Gasteiger partial charge in [0.05, 0.1) is 0 Å². The second-order valence-electron chi connectivity index (χ2n) is 6.79. The zero-order valence-corrected chi connectivity index (χ0v) is 14.1. The fourth-order valence-corrected chi connectivity index (χ4v) is 2.47. The van der Waals surface area contributed by atoms with Crippen LogP contribution in [0.25, 0.3) is 0 Å².